The zero-order valence-corrected chi connectivity index (χ0v) is 10.1. The summed E-state index contributed by atoms with van der Waals surface area (Å²) in [6, 6.07) is 11.3. The van der Waals surface area contributed by atoms with E-state index in [0.717, 1.165) is 6.04 Å². The van der Waals surface area contributed by atoms with Gasteiger partial charge in [-0.2, -0.15) is 0 Å². The van der Waals surface area contributed by atoms with E-state index in [2.05, 4.69) is 54.4 Å². The normalized spacial score (nSPS) is 22.7. The Balaban J connectivity index is 1.84. The van der Waals surface area contributed by atoms with E-state index in [0.29, 0.717) is 0 Å². The van der Waals surface area contributed by atoms with Crippen molar-refractivity contribution in [2.24, 2.45) is 0 Å². The summed E-state index contributed by atoms with van der Waals surface area (Å²) in [5, 5.41) is 0. The lowest BCUT2D eigenvalue weighted by molar-refractivity contribution is 0.187. The topological polar surface area (TPSA) is 3.24 Å². The fraction of sp³-hybridized carbons (Fsp3) is 0.467. The van der Waals surface area contributed by atoms with E-state index >= 15 is 0 Å². The molecule has 1 aliphatic heterocycles. The van der Waals surface area contributed by atoms with Crippen molar-refractivity contribution in [3.05, 3.63) is 42.0 Å². The van der Waals surface area contributed by atoms with Gasteiger partial charge in [-0.1, -0.05) is 48.9 Å². The van der Waals surface area contributed by atoms with Crippen LogP contribution in [-0.4, -0.2) is 24.5 Å². The molecular weight excluding hydrogens is 194 g/mol. The minimum atomic E-state index is 0.758. The fourth-order valence-electron chi connectivity index (χ4n) is 2.37. The van der Waals surface area contributed by atoms with Crippen LogP contribution in [0, 0.1) is 0 Å². The molecule has 86 valence electrons. The van der Waals surface area contributed by atoms with Gasteiger partial charge in [-0.25, -0.2) is 0 Å². The molecule has 1 aliphatic rings. The highest BCUT2D eigenvalue weighted by Crippen LogP contribution is 2.18. The van der Waals surface area contributed by atoms with E-state index in [9.17, 15) is 0 Å². The number of nitrogens with zero attached hydrogens (tertiary/aromatic N) is 1. The molecule has 0 bridgehead atoms. The predicted octanol–water partition coefficient (Wildman–Crippen LogP) is 3.57. The first-order valence-electron chi connectivity index (χ1n) is 6.28. The minimum absolute atomic E-state index is 0.758. The van der Waals surface area contributed by atoms with Gasteiger partial charge in [0.15, 0.2) is 0 Å². The van der Waals surface area contributed by atoms with Gasteiger partial charge in [0, 0.05) is 6.04 Å². The highest BCUT2D eigenvalue weighted by molar-refractivity contribution is 5.48. The fourth-order valence-corrected chi connectivity index (χ4v) is 2.37. The van der Waals surface area contributed by atoms with Crippen LogP contribution in [0.5, 0.6) is 0 Å². The van der Waals surface area contributed by atoms with Gasteiger partial charge in [-0.3, -0.25) is 0 Å². The van der Waals surface area contributed by atoms with E-state index in [-0.39, 0.29) is 0 Å². The van der Waals surface area contributed by atoms with Crippen LogP contribution in [0.15, 0.2) is 36.4 Å². The van der Waals surface area contributed by atoms with Crippen LogP contribution in [-0.2, 0) is 0 Å². The average Bonchev–Trinajstić information content (AvgIpc) is 2.33. The second-order valence-electron chi connectivity index (χ2n) is 4.68. The zero-order chi connectivity index (χ0) is 11.2. The van der Waals surface area contributed by atoms with Gasteiger partial charge in [0.05, 0.1) is 0 Å². The molecule has 2 rings (SSSR count). The summed E-state index contributed by atoms with van der Waals surface area (Å²) in [6.07, 6.45) is 9.87. The molecule has 0 radical (unpaired) electrons. The summed E-state index contributed by atoms with van der Waals surface area (Å²) in [7, 11) is 2.25. The number of hydrogen-bond donors (Lipinski definition) is 0. The van der Waals surface area contributed by atoms with Crippen molar-refractivity contribution < 1.29 is 0 Å². The Labute approximate surface area is 98.8 Å². The number of rotatable bonds is 3. The van der Waals surface area contributed by atoms with Crippen LogP contribution in [0.2, 0.25) is 0 Å². The van der Waals surface area contributed by atoms with Crippen molar-refractivity contribution in [2.45, 2.75) is 31.7 Å². The lowest BCUT2D eigenvalue weighted by Gasteiger charge is -2.31. The molecule has 16 heavy (non-hydrogen) atoms. The van der Waals surface area contributed by atoms with Crippen molar-refractivity contribution in [3.8, 4) is 0 Å². The van der Waals surface area contributed by atoms with Crippen LogP contribution < -0.4 is 0 Å². The number of hydrogen-bond acceptors (Lipinski definition) is 1. The molecule has 1 aromatic rings. The largest absolute Gasteiger partial charge is 0.303 e. The van der Waals surface area contributed by atoms with Crippen molar-refractivity contribution in [1.29, 1.82) is 0 Å². The molecule has 0 spiro atoms. The molecule has 1 nitrogen and oxygen atoms in total. The lowest BCUT2D eigenvalue weighted by Crippen LogP contribution is -2.35. The summed E-state index contributed by atoms with van der Waals surface area (Å²) < 4.78 is 0. The van der Waals surface area contributed by atoms with Gasteiger partial charge in [0.1, 0.15) is 0 Å². The summed E-state index contributed by atoms with van der Waals surface area (Å²) in [4.78, 5) is 2.50. The Bertz CT molecular complexity index is 329. The van der Waals surface area contributed by atoms with Crippen molar-refractivity contribution in [2.75, 3.05) is 13.6 Å². The highest BCUT2D eigenvalue weighted by Gasteiger charge is 2.16. The summed E-state index contributed by atoms with van der Waals surface area (Å²) >= 11 is 0. The van der Waals surface area contributed by atoms with Gasteiger partial charge in [0.25, 0.3) is 0 Å². The van der Waals surface area contributed by atoms with Crippen molar-refractivity contribution in [3.63, 3.8) is 0 Å². The molecule has 1 aromatic carbocycles. The first-order valence-corrected chi connectivity index (χ1v) is 6.28. The number of benzene rings is 1. The average molecular weight is 215 g/mol. The molecule has 1 unspecified atom stereocenters. The third-order valence-electron chi connectivity index (χ3n) is 3.44. The summed E-state index contributed by atoms with van der Waals surface area (Å²) in [5.41, 5.74) is 1.31. The minimum Gasteiger partial charge on any atom is -0.303 e. The Morgan fingerprint density at radius 2 is 2.06 bits per heavy atom. The van der Waals surface area contributed by atoms with E-state index in [1.54, 1.807) is 0 Å². The molecule has 1 heteroatoms. The molecule has 0 aromatic heterocycles. The molecule has 1 atom stereocenters. The second-order valence-corrected chi connectivity index (χ2v) is 4.68. The van der Waals surface area contributed by atoms with Gasteiger partial charge >= 0.3 is 0 Å². The Morgan fingerprint density at radius 3 is 2.81 bits per heavy atom. The molecule has 0 aliphatic carbocycles. The monoisotopic (exact) mass is 215 g/mol. The molecule has 1 heterocycles. The van der Waals surface area contributed by atoms with Crippen LogP contribution in [0.1, 0.15) is 31.2 Å². The highest BCUT2D eigenvalue weighted by atomic mass is 15.1. The van der Waals surface area contributed by atoms with Gasteiger partial charge in [-0.15, -0.1) is 0 Å². The Kier molecular flexibility index (Phi) is 4.17. The SMILES string of the molecule is CN1CCCCC1C/C=C/c1ccccc1. The van der Waals surface area contributed by atoms with Crippen molar-refractivity contribution >= 4 is 6.08 Å². The quantitative estimate of drug-likeness (QED) is 0.745. The van der Waals surface area contributed by atoms with E-state index in [1.165, 1.54) is 37.8 Å². The van der Waals surface area contributed by atoms with Gasteiger partial charge < -0.3 is 4.90 Å². The van der Waals surface area contributed by atoms with Gasteiger partial charge in [0.2, 0.25) is 0 Å². The van der Waals surface area contributed by atoms with Crippen molar-refractivity contribution in [1.82, 2.24) is 4.90 Å². The molecule has 0 saturated carbocycles. The second kappa shape index (κ2) is 5.86. The maximum absolute atomic E-state index is 2.50. The molecule has 1 fully saturated rings. The summed E-state index contributed by atoms with van der Waals surface area (Å²) in [5.74, 6) is 0. The number of likely N-dealkylation sites (tertiary alicyclic amines) is 1. The Hall–Kier alpha value is -1.08. The van der Waals surface area contributed by atoms with Crippen LogP contribution in [0.25, 0.3) is 6.08 Å². The lowest BCUT2D eigenvalue weighted by atomic mass is 9.99. The van der Waals surface area contributed by atoms with Crippen LogP contribution in [0.3, 0.4) is 0 Å². The Morgan fingerprint density at radius 1 is 1.25 bits per heavy atom. The third-order valence-corrected chi connectivity index (χ3v) is 3.44. The molecule has 1 saturated heterocycles. The first kappa shape index (κ1) is 11.4. The van der Waals surface area contributed by atoms with Crippen LogP contribution in [0.4, 0.5) is 0 Å². The first-order chi connectivity index (χ1) is 7.86. The maximum Gasteiger partial charge on any atom is 0.0127 e. The van der Waals surface area contributed by atoms with Crippen LogP contribution >= 0.6 is 0 Å². The van der Waals surface area contributed by atoms with Gasteiger partial charge in [-0.05, 0) is 38.4 Å². The van der Waals surface area contributed by atoms with E-state index in [1.807, 2.05) is 0 Å². The van der Waals surface area contributed by atoms with E-state index < -0.39 is 0 Å². The molecular formula is C15H21N. The zero-order valence-electron chi connectivity index (χ0n) is 10.1. The third kappa shape index (κ3) is 3.21. The molecule has 0 amide bonds. The summed E-state index contributed by atoms with van der Waals surface area (Å²) in [6.45, 7) is 1.27. The number of piperidine rings is 1. The van der Waals surface area contributed by atoms with E-state index in [4.69, 9.17) is 0 Å². The maximum atomic E-state index is 2.50. The molecule has 0 N–H and O–H groups in total. The predicted molar refractivity (Wildman–Crippen MR) is 70.4 cm³/mol. The smallest absolute Gasteiger partial charge is 0.0127 e. The standard InChI is InChI=1S/C15H21N/c1-16-13-6-5-11-15(16)12-7-10-14-8-3-2-4-9-14/h2-4,7-10,15H,5-6,11-13H2,1H3/b10-7+.